The fourth-order valence-electron chi connectivity index (χ4n) is 1.44. The molecule has 1 rings (SSSR count). The number of tetrazole rings is 1. The second-order valence-corrected chi connectivity index (χ2v) is 4.20. The number of hydrogen-bond acceptors (Lipinski definition) is 4. The molecule has 1 aromatic rings. The minimum atomic E-state index is -0.0539. The highest BCUT2D eigenvalue weighted by Gasteiger charge is 2.17. The topological polar surface area (TPSA) is 52.8 Å². The number of nitrogens with zero attached hydrogens (tertiary/aromatic N) is 4. The zero-order chi connectivity index (χ0) is 12.0. The molecule has 0 aliphatic rings. The van der Waals surface area contributed by atoms with E-state index >= 15 is 0 Å². The van der Waals surface area contributed by atoms with Gasteiger partial charge in [-0.15, -0.1) is 16.7 Å². The van der Waals surface area contributed by atoms with E-state index in [1.165, 1.54) is 0 Å². The van der Waals surface area contributed by atoms with Crippen molar-refractivity contribution in [2.75, 3.05) is 7.11 Å². The van der Waals surface area contributed by atoms with Crippen LogP contribution in [0.3, 0.4) is 0 Å². The second kappa shape index (κ2) is 6.60. The van der Waals surface area contributed by atoms with Gasteiger partial charge >= 0.3 is 0 Å². The lowest BCUT2D eigenvalue weighted by Crippen LogP contribution is -2.22. The smallest absolute Gasteiger partial charge is 0.143 e. The number of aromatic nitrogens is 4. The first-order valence-corrected chi connectivity index (χ1v) is 5.72. The molecular formula is C10H17ClN4O. The summed E-state index contributed by atoms with van der Waals surface area (Å²) in [7, 11) is 1.66. The summed E-state index contributed by atoms with van der Waals surface area (Å²) >= 11 is 6.04. The average Bonchev–Trinajstić information content (AvgIpc) is 2.76. The van der Waals surface area contributed by atoms with Crippen molar-refractivity contribution in [1.82, 2.24) is 20.2 Å². The first kappa shape index (κ1) is 13.1. The maximum absolute atomic E-state index is 6.04. The zero-order valence-corrected chi connectivity index (χ0v) is 10.6. The third kappa shape index (κ3) is 3.57. The van der Waals surface area contributed by atoms with E-state index in [1.54, 1.807) is 18.1 Å². The minimum Gasteiger partial charge on any atom is -0.380 e. The van der Waals surface area contributed by atoms with E-state index in [-0.39, 0.29) is 11.5 Å². The number of ether oxygens (including phenoxy) is 1. The summed E-state index contributed by atoms with van der Waals surface area (Å²) in [5.41, 5.74) is 1.01. The van der Waals surface area contributed by atoms with Gasteiger partial charge in [0, 0.05) is 19.2 Å². The van der Waals surface area contributed by atoms with Crippen molar-refractivity contribution in [1.29, 1.82) is 0 Å². The lowest BCUT2D eigenvalue weighted by molar-refractivity contribution is 0.105. The molecule has 6 heteroatoms. The van der Waals surface area contributed by atoms with Crippen molar-refractivity contribution in [3.05, 3.63) is 12.4 Å². The second-order valence-electron chi connectivity index (χ2n) is 3.51. The van der Waals surface area contributed by atoms with Gasteiger partial charge in [-0.1, -0.05) is 13.0 Å². The highest BCUT2D eigenvalue weighted by atomic mass is 35.5. The maximum Gasteiger partial charge on any atom is 0.143 e. The summed E-state index contributed by atoms with van der Waals surface area (Å²) in [6.07, 6.45) is 5.22. The van der Waals surface area contributed by atoms with Crippen LogP contribution in [0.25, 0.3) is 5.70 Å². The zero-order valence-electron chi connectivity index (χ0n) is 9.80. The molecule has 0 fully saturated rings. The molecule has 16 heavy (non-hydrogen) atoms. The van der Waals surface area contributed by atoms with Gasteiger partial charge < -0.3 is 4.74 Å². The van der Waals surface area contributed by atoms with E-state index in [9.17, 15) is 0 Å². The molecule has 0 aliphatic heterocycles. The summed E-state index contributed by atoms with van der Waals surface area (Å²) in [6, 6.07) is 0. The molecule has 0 N–H and O–H groups in total. The number of rotatable bonds is 6. The minimum absolute atomic E-state index is 0.0383. The Kier molecular flexibility index (Phi) is 5.42. The molecule has 0 aromatic carbocycles. The van der Waals surface area contributed by atoms with Crippen LogP contribution in [0.1, 0.15) is 26.7 Å². The van der Waals surface area contributed by atoms with E-state index in [2.05, 4.69) is 28.5 Å². The van der Waals surface area contributed by atoms with Crippen LogP contribution in [0.4, 0.5) is 0 Å². The summed E-state index contributed by atoms with van der Waals surface area (Å²) < 4.78 is 6.98. The monoisotopic (exact) mass is 244 g/mol. The summed E-state index contributed by atoms with van der Waals surface area (Å²) in [6.45, 7) is 3.98. The van der Waals surface area contributed by atoms with E-state index in [0.717, 1.165) is 12.1 Å². The van der Waals surface area contributed by atoms with Crippen molar-refractivity contribution in [2.45, 2.75) is 38.2 Å². The van der Waals surface area contributed by atoms with Crippen LogP contribution in [0.5, 0.6) is 0 Å². The highest BCUT2D eigenvalue weighted by molar-refractivity contribution is 6.20. The largest absolute Gasteiger partial charge is 0.380 e. The van der Waals surface area contributed by atoms with Gasteiger partial charge in [0.1, 0.15) is 6.33 Å². The van der Waals surface area contributed by atoms with Crippen LogP contribution in [0.15, 0.2) is 12.4 Å². The Morgan fingerprint density at radius 1 is 1.62 bits per heavy atom. The van der Waals surface area contributed by atoms with Crippen LogP contribution >= 0.6 is 11.6 Å². The van der Waals surface area contributed by atoms with Crippen molar-refractivity contribution in [2.24, 2.45) is 0 Å². The van der Waals surface area contributed by atoms with Crippen LogP contribution in [-0.4, -0.2) is 38.8 Å². The third-order valence-corrected chi connectivity index (χ3v) is 2.59. The Morgan fingerprint density at radius 2 is 2.38 bits per heavy atom. The van der Waals surface area contributed by atoms with Crippen molar-refractivity contribution < 1.29 is 4.74 Å². The first-order valence-electron chi connectivity index (χ1n) is 5.28. The van der Waals surface area contributed by atoms with Crippen molar-refractivity contribution in [3.8, 4) is 0 Å². The Morgan fingerprint density at radius 3 is 2.81 bits per heavy atom. The molecule has 0 bridgehead atoms. The van der Waals surface area contributed by atoms with Crippen molar-refractivity contribution in [3.63, 3.8) is 0 Å². The molecule has 0 radical (unpaired) electrons. The van der Waals surface area contributed by atoms with E-state index in [1.807, 2.05) is 6.92 Å². The first-order chi connectivity index (χ1) is 7.69. The quantitative estimate of drug-likeness (QED) is 0.718. The molecule has 5 nitrogen and oxygen atoms in total. The van der Waals surface area contributed by atoms with Crippen molar-refractivity contribution >= 4 is 17.3 Å². The number of alkyl halides is 1. The molecule has 0 spiro atoms. The lowest BCUT2D eigenvalue weighted by atomic mass is 10.1. The van der Waals surface area contributed by atoms with Gasteiger partial charge in [0.25, 0.3) is 0 Å². The Balaban J connectivity index is 2.77. The number of hydrogen-bond donors (Lipinski definition) is 0. The SMILES string of the molecule is CC/C=C(\C[C@@H](OC)C(C)Cl)n1cnnn1. The van der Waals surface area contributed by atoms with Gasteiger partial charge in [0.05, 0.1) is 11.5 Å². The van der Waals surface area contributed by atoms with Crippen LogP contribution < -0.4 is 0 Å². The van der Waals surface area contributed by atoms with E-state index in [0.29, 0.717) is 6.42 Å². The van der Waals surface area contributed by atoms with E-state index in [4.69, 9.17) is 16.3 Å². The molecule has 90 valence electrons. The molecule has 1 heterocycles. The normalized spacial score (nSPS) is 16.1. The Labute approximate surface area is 100 Å². The fraction of sp³-hybridized carbons (Fsp3) is 0.700. The van der Waals surface area contributed by atoms with E-state index < -0.39 is 0 Å². The van der Waals surface area contributed by atoms with Crippen LogP contribution in [0, 0.1) is 0 Å². The summed E-state index contributed by atoms with van der Waals surface area (Å²) in [5.74, 6) is 0. The van der Waals surface area contributed by atoms with Crippen LogP contribution in [-0.2, 0) is 4.74 Å². The van der Waals surface area contributed by atoms with Gasteiger partial charge in [0.15, 0.2) is 0 Å². The molecule has 0 amide bonds. The summed E-state index contributed by atoms with van der Waals surface area (Å²) in [5, 5.41) is 11.1. The Bertz CT molecular complexity index is 324. The predicted molar refractivity (Wildman–Crippen MR) is 63.1 cm³/mol. The van der Waals surface area contributed by atoms with Gasteiger partial charge in [-0.25, -0.2) is 4.68 Å². The lowest BCUT2D eigenvalue weighted by Gasteiger charge is -2.18. The molecular weight excluding hydrogens is 228 g/mol. The molecule has 1 unspecified atom stereocenters. The van der Waals surface area contributed by atoms with Gasteiger partial charge in [-0.2, -0.15) is 0 Å². The molecule has 0 aliphatic carbocycles. The van der Waals surface area contributed by atoms with Gasteiger partial charge in [-0.05, 0) is 23.8 Å². The molecule has 0 saturated carbocycles. The number of halogens is 1. The molecule has 1 aromatic heterocycles. The number of methoxy groups -OCH3 is 1. The molecule has 2 atom stereocenters. The highest BCUT2D eigenvalue weighted by Crippen LogP contribution is 2.18. The maximum atomic E-state index is 6.04. The third-order valence-electron chi connectivity index (χ3n) is 2.31. The van der Waals surface area contributed by atoms with Crippen LogP contribution in [0.2, 0.25) is 0 Å². The van der Waals surface area contributed by atoms with Gasteiger partial charge in [-0.3, -0.25) is 0 Å². The predicted octanol–water partition coefficient (Wildman–Crippen LogP) is 1.96. The molecule has 0 saturated heterocycles. The average molecular weight is 245 g/mol. The van der Waals surface area contributed by atoms with Gasteiger partial charge in [0.2, 0.25) is 0 Å². The summed E-state index contributed by atoms with van der Waals surface area (Å²) in [4.78, 5) is 0. The standard InChI is InChI=1S/C10H17ClN4O/c1-4-5-9(15-7-12-13-14-15)6-10(16-3)8(2)11/h5,7-8,10H,4,6H2,1-3H3/b9-5+/t8?,10-/m1/s1. The number of allylic oxidation sites excluding steroid dienone is 1. The Hall–Kier alpha value is -0.940. The fourth-order valence-corrected chi connectivity index (χ4v) is 1.63.